The number of nitrogens with zero attached hydrogens (tertiary/aromatic N) is 1. The fourth-order valence-corrected chi connectivity index (χ4v) is 3.20. The van der Waals surface area contributed by atoms with E-state index in [-0.39, 0.29) is 29.1 Å². The Kier molecular flexibility index (Phi) is 4.40. The SMILES string of the molecule is CC(C)n1cc(S(=O)(=O)NCC(O)C2CC2)cc1C(=O)O. The van der Waals surface area contributed by atoms with E-state index in [1.165, 1.54) is 10.8 Å². The number of carboxylic acid groups (broad SMARTS) is 1. The molecular weight excluding hydrogens is 296 g/mol. The Morgan fingerprint density at radius 3 is 2.52 bits per heavy atom. The van der Waals surface area contributed by atoms with Gasteiger partial charge < -0.3 is 14.8 Å². The van der Waals surface area contributed by atoms with Gasteiger partial charge in [-0.3, -0.25) is 0 Å². The summed E-state index contributed by atoms with van der Waals surface area (Å²) < 4.78 is 28.1. The van der Waals surface area contributed by atoms with Crippen molar-refractivity contribution in [3.63, 3.8) is 0 Å². The Morgan fingerprint density at radius 2 is 2.10 bits per heavy atom. The van der Waals surface area contributed by atoms with Crippen LogP contribution < -0.4 is 4.72 Å². The molecule has 0 aromatic carbocycles. The van der Waals surface area contributed by atoms with Crippen molar-refractivity contribution in [3.05, 3.63) is 18.0 Å². The number of aromatic carboxylic acids is 1. The fraction of sp³-hybridized carbons (Fsp3) is 0.615. The van der Waals surface area contributed by atoms with Gasteiger partial charge in [-0.2, -0.15) is 0 Å². The van der Waals surface area contributed by atoms with Crippen LogP contribution in [0, 0.1) is 5.92 Å². The third-order valence-corrected chi connectivity index (χ3v) is 4.95. The van der Waals surface area contributed by atoms with Crippen LogP contribution in [-0.2, 0) is 10.0 Å². The van der Waals surface area contributed by atoms with Crippen LogP contribution in [0.25, 0.3) is 0 Å². The Labute approximate surface area is 123 Å². The first-order valence-corrected chi connectivity index (χ1v) is 8.33. The normalized spacial score (nSPS) is 17.1. The molecule has 0 aliphatic heterocycles. The lowest BCUT2D eigenvalue weighted by atomic mass is 10.2. The maximum atomic E-state index is 12.2. The molecule has 1 atom stereocenters. The number of sulfonamides is 1. The van der Waals surface area contributed by atoms with Crippen molar-refractivity contribution in [2.75, 3.05) is 6.54 Å². The predicted molar refractivity (Wildman–Crippen MR) is 75.7 cm³/mol. The molecule has 0 spiro atoms. The summed E-state index contributed by atoms with van der Waals surface area (Å²) in [4.78, 5) is 11.1. The second kappa shape index (κ2) is 5.78. The van der Waals surface area contributed by atoms with Crippen LogP contribution in [0.15, 0.2) is 17.2 Å². The minimum Gasteiger partial charge on any atom is -0.477 e. The summed E-state index contributed by atoms with van der Waals surface area (Å²) in [6, 6.07) is 0.964. The van der Waals surface area contributed by atoms with Gasteiger partial charge in [-0.15, -0.1) is 0 Å². The van der Waals surface area contributed by atoms with Crippen LogP contribution in [0.2, 0.25) is 0 Å². The average Bonchev–Trinajstić information content (AvgIpc) is 3.12. The van der Waals surface area contributed by atoms with Crippen LogP contribution >= 0.6 is 0 Å². The molecule has 1 aromatic rings. The summed E-state index contributed by atoms with van der Waals surface area (Å²) in [6.45, 7) is 3.49. The van der Waals surface area contributed by atoms with E-state index >= 15 is 0 Å². The zero-order valence-corrected chi connectivity index (χ0v) is 12.8. The zero-order chi connectivity index (χ0) is 15.8. The highest BCUT2D eigenvalue weighted by Gasteiger charge is 2.31. The van der Waals surface area contributed by atoms with E-state index < -0.39 is 22.1 Å². The predicted octanol–water partition coefficient (Wildman–Crippen LogP) is 0.816. The molecule has 1 aromatic heterocycles. The highest BCUT2D eigenvalue weighted by atomic mass is 32.2. The van der Waals surface area contributed by atoms with Gasteiger partial charge in [-0.1, -0.05) is 0 Å². The quantitative estimate of drug-likeness (QED) is 0.690. The third-order valence-electron chi connectivity index (χ3n) is 3.56. The van der Waals surface area contributed by atoms with Crippen LogP contribution in [0.5, 0.6) is 0 Å². The molecule has 1 aliphatic carbocycles. The van der Waals surface area contributed by atoms with Crippen molar-refractivity contribution in [2.45, 2.75) is 43.7 Å². The van der Waals surface area contributed by atoms with Gasteiger partial charge in [0.25, 0.3) is 0 Å². The van der Waals surface area contributed by atoms with Gasteiger partial charge in [0, 0.05) is 18.8 Å². The van der Waals surface area contributed by atoms with E-state index in [0.717, 1.165) is 18.9 Å². The summed E-state index contributed by atoms with van der Waals surface area (Å²) in [7, 11) is -3.82. The molecule has 0 radical (unpaired) electrons. The van der Waals surface area contributed by atoms with Crippen molar-refractivity contribution < 1.29 is 23.4 Å². The first kappa shape index (κ1) is 16.0. The first-order chi connectivity index (χ1) is 9.72. The Hall–Kier alpha value is -1.38. The number of rotatable bonds is 7. The molecule has 1 aliphatic rings. The summed E-state index contributed by atoms with van der Waals surface area (Å²) in [6.07, 6.45) is 2.44. The fourth-order valence-electron chi connectivity index (χ4n) is 2.13. The van der Waals surface area contributed by atoms with Gasteiger partial charge in [0.15, 0.2) is 0 Å². The molecule has 3 N–H and O–H groups in total. The molecule has 8 heteroatoms. The lowest BCUT2D eigenvalue weighted by molar-refractivity contribution is 0.0683. The molecule has 2 rings (SSSR count). The minimum atomic E-state index is -3.82. The van der Waals surface area contributed by atoms with Crippen LogP contribution in [0.1, 0.15) is 43.2 Å². The molecule has 0 bridgehead atoms. The summed E-state index contributed by atoms with van der Waals surface area (Å²) >= 11 is 0. The molecule has 1 unspecified atom stereocenters. The van der Waals surface area contributed by atoms with E-state index in [1.807, 2.05) is 0 Å². The number of aliphatic hydroxyl groups is 1. The van der Waals surface area contributed by atoms with Gasteiger partial charge in [0.05, 0.1) is 6.10 Å². The number of aliphatic hydroxyl groups excluding tert-OH is 1. The van der Waals surface area contributed by atoms with Crippen LogP contribution in [0.3, 0.4) is 0 Å². The Balaban J connectivity index is 2.19. The Bertz CT molecular complexity index is 631. The Morgan fingerprint density at radius 1 is 1.48 bits per heavy atom. The van der Waals surface area contributed by atoms with Gasteiger partial charge in [-0.05, 0) is 38.7 Å². The van der Waals surface area contributed by atoms with E-state index in [0.29, 0.717) is 0 Å². The van der Waals surface area contributed by atoms with Crippen LogP contribution in [0.4, 0.5) is 0 Å². The average molecular weight is 316 g/mol. The molecule has 118 valence electrons. The summed E-state index contributed by atoms with van der Waals surface area (Å²) in [5.74, 6) is -1.01. The number of aromatic nitrogens is 1. The molecule has 1 saturated carbocycles. The van der Waals surface area contributed by atoms with Gasteiger partial charge in [-0.25, -0.2) is 17.9 Å². The van der Waals surface area contributed by atoms with Crippen molar-refractivity contribution in [1.82, 2.24) is 9.29 Å². The van der Waals surface area contributed by atoms with E-state index in [9.17, 15) is 18.3 Å². The largest absolute Gasteiger partial charge is 0.477 e. The lowest BCUT2D eigenvalue weighted by Crippen LogP contribution is -2.33. The number of hydrogen-bond acceptors (Lipinski definition) is 4. The molecule has 0 saturated heterocycles. The summed E-state index contributed by atoms with van der Waals surface area (Å²) in [5.41, 5.74) is -0.0758. The number of carbonyl (C=O) groups is 1. The second-order valence-corrected chi connectivity index (χ2v) is 7.39. The summed E-state index contributed by atoms with van der Waals surface area (Å²) in [5, 5.41) is 18.8. The minimum absolute atomic E-state index is 0.0533. The van der Waals surface area contributed by atoms with Gasteiger partial charge in [0.2, 0.25) is 10.0 Å². The lowest BCUT2D eigenvalue weighted by Gasteiger charge is -2.11. The van der Waals surface area contributed by atoms with Gasteiger partial charge in [0.1, 0.15) is 10.6 Å². The third kappa shape index (κ3) is 3.63. The first-order valence-electron chi connectivity index (χ1n) is 6.85. The molecule has 1 fully saturated rings. The van der Waals surface area contributed by atoms with Gasteiger partial charge >= 0.3 is 5.97 Å². The molecule has 1 heterocycles. The molecule has 0 amide bonds. The zero-order valence-electron chi connectivity index (χ0n) is 12.0. The standard InChI is InChI=1S/C13H20N2O5S/c1-8(2)15-7-10(5-11(15)13(17)18)21(19,20)14-6-12(16)9-3-4-9/h5,7-9,12,14,16H,3-4,6H2,1-2H3,(H,17,18). The molecule has 7 nitrogen and oxygen atoms in total. The van der Waals surface area contributed by atoms with Crippen molar-refractivity contribution in [1.29, 1.82) is 0 Å². The number of hydrogen-bond donors (Lipinski definition) is 3. The smallest absolute Gasteiger partial charge is 0.352 e. The highest BCUT2D eigenvalue weighted by molar-refractivity contribution is 7.89. The van der Waals surface area contributed by atoms with Crippen molar-refractivity contribution >= 4 is 16.0 Å². The maximum Gasteiger partial charge on any atom is 0.352 e. The molecular formula is C13H20N2O5S. The van der Waals surface area contributed by atoms with E-state index in [4.69, 9.17) is 5.11 Å². The van der Waals surface area contributed by atoms with E-state index in [1.54, 1.807) is 13.8 Å². The monoisotopic (exact) mass is 316 g/mol. The van der Waals surface area contributed by atoms with Crippen LogP contribution in [-0.4, -0.2) is 41.8 Å². The molecule has 21 heavy (non-hydrogen) atoms. The maximum absolute atomic E-state index is 12.2. The van der Waals surface area contributed by atoms with Crippen molar-refractivity contribution in [2.24, 2.45) is 5.92 Å². The van der Waals surface area contributed by atoms with Crippen molar-refractivity contribution in [3.8, 4) is 0 Å². The second-order valence-electron chi connectivity index (χ2n) is 5.62. The highest BCUT2D eigenvalue weighted by Crippen LogP contribution is 2.32. The topological polar surface area (TPSA) is 109 Å². The van der Waals surface area contributed by atoms with E-state index in [2.05, 4.69) is 4.72 Å². The number of carboxylic acids is 1. The number of nitrogens with one attached hydrogen (secondary N) is 1.